The third-order valence-corrected chi connectivity index (χ3v) is 4.64. The fraction of sp³-hybridized carbons (Fsp3) is 0.250. The molecule has 3 aromatic rings. The van der Waals surface area contributed by atoms with E-state index in [1.54, 1.807) is 12.1 Å². The first-order chi connectivity index (χ1) is 13.1. The molecule has 5 nitrogen and oxygen atoms in total. The van der Waals surface area contributed by atoms with Gasteiger partial charge in [0.15, 0.2) is 5.82 Å². The van der Waals surface area contributed by atoms with Crippen molar-refractivity contribution in [3.05, 3.63) is 65.5 Å². The number of hydrogen-bond acceptors (Lipinski definition) is 3. The summed E-state index contributed by atoms with van der Waals surface area (Å²) in [5.74, 6) is -0.325. The summed E-state index contributed by atoms with van der Waals surface area (Å²) in [6.07, 6.45) is 4.36. The molecule has 0 unspecified atom stereocenters. The molecule has 2 heterocycles. The number of nitrogens with zero attached hydrogens (tertiary/aromatic N) is 3. The number of anilines is 1. The van der Waals surface area contributed by atoms with Gasteiger partial charge in [0.25, 0.3) is 5.91 Å². The van der Waals surface area contributed by atoms with Crippen LogP contribution in [0, 0.1) is 11.6 Å². The summed E-state index contributed by atoms with van der Waals surface area (Å²) in [5.41, 5.74) is 1.37. The number of aromatic nitrogens is 3. The average molecular weight is 368 g/mol. The minimum atomic E-state index is -0.789. The van der Waals surface area contributed by atoms with E-state index in [0.29, 0.717) is 5.69 Å². The number of aryl methyl sites for hydroxylation is 1. The van der Waals surface area contributed by atoms with Gasteiger partial charge in [-0.2, -0.15) is 0 Å². The first-order valence-corrected chi connectivity index (χ1v) is 8.90. The van der Waals surface area contributed by atoms with Crippen LogP contribution in [0.3, 0.4) is 0 Å². The van der Waals surface area contributed by atoms with Gasteiger partial charge in [0, 0.05) is 35.8 Å². The zero-order valence-corrected chi connectivity index (χ0v) is 14.6. The van der Waals surface area contributed by atoms with Crippen molar-refractivity contribution >= 4 is 11.6 Å². The van der Waals surface area contributed by atoms with Gasteiger partial charge in [-0.15, -0.1) is 10.2 Å². The molecule has 0 spiro atoms. The number of rotatable bonds is 3. The maximum absolute atomic E-state index is 13.3. The summed E-state index contributed by atoms with van der Waals surface area (Å²) in [7, 11) is 0. The Hall–Kier alpha value is -3.09. The highest BCUT2D eigenvalue weighted by atomic mass is 19.1. The smallest absolute Gasteiger partial charge is 0.255 e. The number of carbonyl (C=O) groups is 1. The molecule has 0 atom stereocenters. The molecule has 0 saturated heterocycles. The number of amides is 1. The van der Waals surface area contributed by atoms with E-state index in [9.17, 15) is 13.6 Å². The third kappa shape index (κ3) is 3.72. The quantitative estimate of drug-likeness (QED) is 0.754. The Labute approximate surface area is 155 Å². The summed E-state index contributed by atoms with van der Waals surface area (Å²) in [6.45, 7) is 0.904. The van der Waals surface area contributed by atoms with Crippen LogP contribution >= 0.6 is 0 Å². The van der Waals surface area contributed by atoms with Gasteiger partial charge in [0.1, 0.15) is 17.5 Å². The Bertz CT molecular complexity index is 962. The van der Waals surface area contributed by atoms with Crippen molar-refractivity contribution in [1.29, 1.82) is 0 Å². The molecule has 2 aromatic carbocycles. The summed E-state index contributed by atoms with van der Waals surface area (Å²) in [5, 5.41) is 11.2. The average Bonchev–Trinajstić information content (AvgIpc) is 2.90. The zero-order chi connectivity index (χ0) is 18.8. The van der Waals surface area contributed by atoms with Crippen molar-refractivity contribution in [2.75, 3.05) is 5.32 Å². The van der Waals surface area contributed by atoms with E-state index in [1.165, 1.54) is 6.42 Å². The topological polar surface area (TPSA) is 59.8 Å². The molecule has 0 fully saturated rings. The monoisotopic (exact) mass is 368 g/mol. The molecule has 0 aliphatic carbocycles. The molecule has 7 heteroatoms. The molecule has 1 aliphatic heterocycles. The standard InChI is InChI=1S/C20H18F2N4O/c21-15-10-14(11-16(22)12-15)20(27)23-17-7-5-13(6-8-17)19-25-24-18-4-2-1-3-9-26(18)19/h5-8,10-12H,1-4,9H2,(H,23,27). The maximum Gasteiger partial charge on any atom is 0.255 e. The van der Waals surface area contributed by atoms with Crippen LogP contribution in [0.1, 0.15) is 35.4 Å². The lowest BCUT2D eigenvalue weighted by molar-refractivity contribution is 0.102. The highest BCUT2D eigenvalue weighted by molar-refractivity contribution is 6.04. The second-order valence-electron chi connectivity index (χ2n) is 6.59. The highest BCUT2D eigenvalue weighted by Crippen LogP contribution is 2.24. The Morgan fingerprint density at radius 1 is 0.963 bits per heavy atom. The SMILES string of the molecule is O=C(Nc1ccc(-c2nnc3n2CCCCC3)cc1)c1cc(F)cc(F)c1. The van der Waals surface area contributed by atoms with Crippen LogP contribution in [-0.4, -0.2) is 20.7 Å². The van der Waals surface area contributed by atoms with E-state index in [0.717, 1.165) is 61.2 Å². The highest BCUT2D eigenvalue weighted by Gasteiger charge is 2.16. The van der Waals surface area contributed by atoms with Gasteiger partial charge >= 0.3 is 0 Å². The van der Waals surface area contributed by atoms with E-state index in [-0.39, 0.29) is 5.56 Å². The summed E-state index contributed by atoms with van der Waals surface area (Å²) in [4.78, 5) is 12.2. The normalized spacial score (nSPS) is 13.7. The fourth-order valence-corrected chi connectivity index (χ4v) is 3.29. The van der Waals surface area contributed by atoms with E-state index < -0.39 is 17.5 Å². The molecule has 0 bridgehead atoms. The molecular weight excluding hydrogens is 350 g/mol. The van der Waals surface area contributed by atoms with Crippen molar-refractivity contribution in [1.82, 2.24) is 14.8 Å². The first-order valence-electron chi connectivity index (χ1n) is 8.90. The number of nitrogens with one attached hydrogen (secondary N) is 1. The van der Waals surface area contributed by atoms with E-state index in [4.69, 9.17) is 0 Å². The van der Waals surface area contributed by atoms with Crippen LogP contribution in [0.2, 0.25) is 0 Å². The zero-order valence-electron chi connectivity index (χ0n) is 14.6. The van der Waals surface area contributed by atoms with Gasteiger partial charge in [-0.25, -0.2) is 8.78 Å². The molecule has 4 rings (SSSR count). The van der Waals surface area contributed by atoms with E-state index in [1.807, 2.05) is 12.1 Å². The Morgan fingerprint density at radius 3 is 2.44 bits per heavy atom. The number of hydrogen-bond donors (Lipinski definition) is 1. The van der Waals surface area contributed by atoms with Gasteiger partial charge in [0.2, 0.25) is 0 Å². The van der Waals surface area contributed by atoms with Crippen molar-refractivity contribution in [2.45, 2.75) is 32.2 Å². The van der Waals surface area contributed by atoms with Crippen LogP contribution in [-0.2, 0) is 13.0 Å². The minimum absolute atomic E-state index is 0.0700. The Morgan fingerprint density at radius 2 is 1.70 bits per heavy atom. The Balaban J connectivity index is 1.53. The van der Waals surface area contributed by atoms with Crippen LogP contribution in [0.25, 0.3) is 11.4 Å². The van der Waals surface area contributed by atoms with E-state index in [2.05, 4.69) is 20.1 Å². The molecule has 1 amide bonds. The van der Waals surface area contributed by atoms with Crippen LogP contribution < -0.4 is 5.32 Å². The molecule has 1 aliphatic rings. The molecule has 27 heavy (non-hydrogen) atoms. The van der Waals surface area contributed by atoms with Crippen molar-refractivity contribution in [3.8, 4) is 11.4 Å². The summed E-state index contributed by atoms with van der Waals surface area (Å²) >= 11 is 0. The van der Waals surface area contributed by atoms with Crippen LogP contribution in [0.15, 0.2) is 42.5 Å². The third-order valence-electron chi connectivity index (χ3n) is 4.64. The molecule has 138 valence electrons. The van der Waals surface area contributed by atoms with Crippen LogP contribution in [0.4, 0.5) is 14.5 Å². The number of fused-ring (bicyclic) bond motifs is 1. The lowest BCUT2D eigenvalue weighted by atomic mass is 10.1. The lowest BCUT2D eigenvalue weighted by Gasteiger charge is -2.09. The van der Waals surface area contributed by atoms with Gasteiger partial charge in [-0.1, -0.05) is 6.42 Å². The van der Waals surface area contributed by atoms with Crippen molar-refractivity contribution in [2.24, 2.45) is 0 Å². The van der Waals surface area contributed by atoms with Crippen molar-refractivity contribution < 1.29 is 13.6 Å². The summed E-state index contributed by atoms with van der Waals surface area (Å²) < 4.78 is 28.7. The molecule has 1 aromatic heterocycles. The van der Waals surface area contributed by atoms with Gasteiger partial charge < -0.3 is 9.88 Å². The fourth-order valence-electron chi connectivity index (χ4n) is 3.29. The molecule has 0 radical (unpaired) electrons. The predicted molar refractivity (Wildman–Crippen MR) is 97.3 cm³/mol. The minimum Gasteiger partial charge on any atom is -0.322 e. The van der Waals surface area contributed by atoms with Gasteiger partial charge in [-0.05, 0) is 49.2 Å². The van der Waals surface area contributed by atoms with Gasteiger partial charge in [0.05, 0.1) is 0 Å². The van der Waals surface area contributed by atoms with Crippen LogP contribution in [0.5, 0.6) is 0 Å². The second-order valence-corrected chi connectivity index (χ2v) is 6.59. The van der Waals surface area contributed by atoms with Gasteiger partial charge in [-0.3, -0.25) is 4.79 Å². The molecular formula is C20H18F2N4O. The van der Waals surface area contributed by atoms with Crippen molar-refractivity contribution in [3.63, 3.8) is 0 Å². The Kier molecular flexibility index (Phi) is 4.66. The maximum atomic E-state index is 13.3. The van der Waals surface area contributed by atoms with E-state index >= 15 is 0 Å². The lowest BCUT2D eigenvalue weighted by Crippen LogP contribution is -2.12. The number of carbonyl (C=O) groups excluding carboxylic acids is 1. The number of halogens is 2. The molecule has 1 N–H and O–H groups in total. The second kappa shape index (κ2) is 7.26. The predicted octanol–water partition coefficient (Wildman–Crippen LogP) is 4.20. The largest absolute Gasteiger partial charge is 0.322 e. The number of benzene rings is 2. The summed E-state index contributed by atoms with van der Waals surface area (Å²) in [6, 6.07) is 9.90. The molecule has 0 saturated carbocycles. The first kappa shape index (κ1) is 17.3.